The van der Waals surface area contributed by atoms with E-state index in [0.717, 1.165) is 36.8 Å². The topological polar surface area (TPSA) is 87.7 Å². The second kappa shape index (κ2) is 6.52. The molecule has 5 nitrogen and oxygen atoms in total. The third kappa shape index (κ3) is 3.36. The molecule has 0 saturated heterocycles. The summed E-state index contributed by atoms with van der Waals surface area (Å²) >= 11 is 0. The summed E-state index contributed by atoms with van der Waals surface area (Å²) in [6.45, 7) is 0.174. The Bertz CT molecular complexity index is 494. The molecule has 1 aliphatic carbocycles. The van der Waals surface area contributed by atoms with Gasteiger partial charge in [0.25, 0.3) is 0 Å². The van der Waals surface area contributed by atoms with Crippen molar-refractivity contribution in [3.8, 4) is 0 Å². The van der Waals surface area contributed by atoms with Crippen LogP contribution in [-0.2, 0) is 5.41 Å². The van der Waals surface area contributed by atoms with Crippen LogP contribution in [0.1, 0.15) is 43.2 Å². The predicted molar refractivity (Wildman–Crippen MR) is 78.6 cm³/mol. The number of hydrazone groups is 1. The van der Waals surface area contributed by atoms with Crippen molar-refractivity contribution in [3.05, 3.63) is 35.4 Å². The molecule has 0 radical (unpaired) electrons. The maximum absolute atomic E-state index is 10.6. The van der Waals surface area contributed by atoms with Gasteiger partial charge in [-0.25, -0.2) is 10.2 Å². The van der Waals surface area contributed by atoms with E-state index in [-0.39, 0.29) is 12.0 Å². The van der Waals surface area contributed by atoms with E-state index >= 15 is 0 Å². The van der Waals surface area contributed by atoms with Crippen molar-refractivity contribution in [2.75, 3.05) is 6.61 Å². The number of urea groups is 1. The standard InChI is InChI=1S/C15H21N3O2/c16-14(20)18-17-10-12-5-4-6-13(9-12)15(11-19)7-2-1-3-8-15/h4-6,9-10,19H,1-3,7-8,11H2,(H3,16,18,20). The molecule has 0 unspecified atom stereocenters. The van der Waals surface area contributed by atoms with E-state index in [1.807, 2.05) is 18.2 Å². The third-order valence-electron chi connectivity index (χ3n) is 4.00. The van der Waals surface area contributed by atoms with E-state index in [2.05, 4.69) is 16.6 Å². The molecule has 20 heavy (non-hydrogen) atoms. The average molecular weight is 275 g/mol. The zero-order valence-corrected chi connectivity index (χ0v) is 11.5. The highest BCUT2D eigenvalue weighted by molar-refractivity contribution is 5.81. The predicted octanol–water partition coefficient (Wildman–Crippen LogP) is 1.88. The maximum atomic E-state index is 10.6. The van der Waals surface area contributed by atoms with Crippen molar-refractivity contribution < 1.29 is 9.90 Å². The summed E-state index contributed by atoms with van der Waals surface area (Å²) in [6.07, 6.45) is 7.14. The van der Waals surface area contributed by atoms with E-state index in [1.54, 1.807) is 6.21 Å². The van der Waals surface area contributed by atoms with Crippen molar-refractivity contribution in [3.63, 3.8) is 0 Å². The van der Waals surface area contributed by atoms with Crippen LogP contribution >= 0.6 is 0 Å². The first-order chi connectivity index (χ1) is 9.66. The van der Waals surface area contributed by atoms with Crippen LogP contribution in [0.25, 0.3) is 0 Å². The Balaban J connectivity index is 2.19. The van der Waals surface area contributed by atoms with Gasteiger partial charge in [-0.2, -0.15) is 5.10 Å². The molecule has 1 aliphatic rings. The Hall–Kier alpha value is -1.88. The number of rotatable bonds is 4. The number of hydrogen-bond donors (Lipinski definition) is 3. The summed E-state index contributed by atoms with van der Waals surface area (Å²) in [6, 6.07) is 7.25. The van der Waals surface area contributed by atoms with Gasteiger partial charge in [-0.3, -0.25) is 0 Å². The molecule has 4 N–H and O–H groups in total. The first-order valence-corrected chi connectivity index (χ1v) is 6.96. The number of benzene rings is 1. The molecule has 0 heterocycles. The smallest absolute Gasteiger partial charge is 0.332 e. The molecule has 2 amide bonds. The largest absolute Gasteiger partial charge is 0.395 e. The van der Waals surface area contributed by atoms with Gasteiger partial charge in [0.2, 0.25) is 0 Å². The van der Waals surface area contributed by atoms with Gasteiger partial charge in [-0.15, -0.1) is 0 Å². The number of carbonyl (C=O) groups excluding carboxylic acids is 1. The summed E-state index contributed by atoms with van der Waals surface area (Å²) in [5.74, 6) is 0. The number of aliphatic hydroxyl groups excluding tert-OH is 1. The van der Waals surface area contributed by atoms with E-state index in [0.29, 0.717) is 0 Å². The van der Waals surface area contributed by atoms with Crippen LogP contribution < -0.4 is 11.2 Å². The number of amides is 2. The Morgan fingerprint density at radius 3 is 2.80 bits per heavy atom. The normalized spacial score (nSPS) is 18.1. The van der Waals surface area contributed by atoms with Crippen LogP contribution in [-0.4, -0.2) is 24.0 Å². The van der Waals surface area contributed by atoms with Crippen molar-refractivity contribution in [2.24, 2.45) is 10.8 Å². The first-order valence-electron chi connectivity index (χ1n) is 6.96. The lowest BCUT2D eigenvalue weighted by Crippen LogP contribution is -2.33. The molecule has 0 aromatic heterocycles. The Morgan fingerprint density at radius 2 is 2.15 bits per heavy atom. The first kappa shape index (κ1) is 14.5. The molecule has 1 aromatic carbocycles. The van der Waals surface area contributed by atoms with Crippen LogP contribution in [0.3, 0.4) is 0 Å². The lowest BCUT2D eigenvalue weighted by Gasteiger charge is -2.36. The molecule has 1 saturated carbocycles. The van der Waals surface area contributed by atoms with Crippen molar-refractivity contribution in [1.82, 2.24) is 5.43 Å². The number of nitrogens with zero attached hydrogens (tertiary/aromatic N) is 1. The molecule has 0 spiro atoms. The van der Waals surface area contributed by atoms with Gasteiger partial charge in [-0.05, 0) is 30.0 Å². The van der Waals surface area contributed by atoms with Gasteiger partial charge in [0.15, 0.2) is 0 Å². The van der Waals surface area contributed by atoms with Gasteiger partial charge in [0, 0.05) is 5.41 Å². The molecule has 108 valence electrons. The molecule has 0 bridgehead atoms. The van der Waals surface area contributed by atoms with Crippen molar-refractivity contribution >= 4 is 12.2 Å². The second-order valence-electron chi connectivity index (χ2n) is 5.36. The molecule has 0 atom stereocenters. The zero-order valence-electron chi connectivity index (χ0n) is 11.5. The van der Waals surface area contributed by atoms with Crippen LogP contribution in [0.2, 0.25) is 0 Å². The summed E-state index contributed by atoms with van der Waals surface area (Å²) in [7, 11) is 0. The minimum absolute atomic E-state index is 0.126. The molecule has 1 fully saturated rings. The van der Waals surface area contributed by atoms with Gasteiger partial charge in [0.05, 0.1) is 12.8 Å². The van der Waals surface area contributed by atoms with Crippen LogP contribution in [0.15, 0.2) is 29.4 Å². The summed E-state index contributed by atoms with van der Waals surface area (Å²) in [5.41, 5.74) is 9.02. The summed E-state index contributed by atoms with van der Waals surface area (Å²) in [4.78, 5) is 10.6. The minimum atomic E-state index is -0.684. The maximum Gasteiger partial charge on any atom is 0.332 e. The number of nitrogens with two attached hydrogens (primary N) is 1. The van der Waals surface area contributed by atoms with Gasteiger partial charge in [0.1, 0.15) is 0 Å². The molecule has 0 aliphatic heterocycles. The van der Waals surface area contributed by atoms with E-state index < -0.39 is 6.03 Å². The highest BCUT2D eigenvalue weighted by Gasteiger charge is 2.33. The average Bonchev–Trinajstić information content (AvgIpc) is 2.48. The molecule has 2 rings (SSSR count). The highest BCUT2D eigenvalue weighted by atomic mass is 16.3. The highest BCUT2D eigenvalue weighted by Crippen LogP contribution is 2.39. The quantitative estimate of drug-likeness (QED) is 0.578. The monoisotopic (exact) mass is 275 g/mol. The number of primary amides is 1. The van der Waals surface area contributed by atoms with Gasteiger partial charge >= 0.3 is 6.03 Å². The number of hydrogen-bond acceptors (Lipinski definition) is 3. The van der Waals surface area contributed by atoms with E-state index in [9.17, 15) is 9.90 Å². The molecule has 5 heteroatoms. The summed E-state index contributed by atoms with van der Waals surface area (Å²) < 4.78 is 0. The third-order valence-corrected chi connectivity index (χ3v) is 4.00. The fourth-order valence-corrected chi connectivity index (χ4v) is 2.89. The number of nitrogens with one attached hydrogen (secondary N) is 1. The Morgan fingerprint density at radius 1 is 1.40 bits per heavy atom. The lowest BCUT2D eigenvalue weighted by atomic mass is 9.70. The van der Waals surface area contributed by atoms with Gasteiger partial charge < -0.3 is 10.8 Å². The van der Waals surface area contributed by atoms with Crippen LogP contribution in [0.4, 0.5) is 4.79 Å². The molecular weight excluding hydrogens is 254 g/mol. The Labute approximate surface area is 118 Å². The Kier molecular flexibility index (Phi) is 4.74. The number of carbonyl (C=O) groups is 1. The van der Waals surface area contributed by atoms with E-state index in [1.165, 1.54) is 6.42 Å². The zero-order chi connectivity index (χ0) is 14.4. The SMILES string of the molecule is NC(=O)NN=Cc1cccc(C2(CO)CCCCC2)c1. The fraction of sp³-hybridized carbons (Fsp3) is 0.467. The summed E-state index contributed by atoms with van der Waals surface area (Å²) in [5, 5.41) is 13.6. The van der Waals surface area contributed by atoms with Gasteiger partial charge in [-0.1, -0.05) is 37.5 Å². The molecule has 1 aromatic rings. The lowest BCUT2D eigenvalue weighted by molar-refractivity contribution is 0.152. The van der Waals surface area contributed by atoms with Crippen LogP contribution in [0, 0.1) is 0 Å². The van der Waals surface area contributed by atoms with Crippen molar-refractivity contribution in [2.45, 2.75) is 37.5 Å². The second-order valence-corrected chi connectivity index (χ2v) is 5.36. The minimum Gasteiger partial charge on any atom is -0.395 e. The van der Waals surface area contributed by atoms with Crippen molar-refractivity contribution in [1.29, 1.82) is 0 Å². The fourth-order valence-electron chi connectivity index (χ4n) is 2.89. The van der Waals surface area contributed by atoms with Crippen LogP contribution in [0.5, 0.6) is 0 Å². The van der Waals surface area contributed by atoms with E-state index in [4.69, 9.17) is 5.73 Å². The molecular formula is C15H21N3O2. The number of aliphatic hydroxyl groups is 1.